The van der Waals surface area contributed by atoms with Crippen molar-refractivity contribution in [2.75, 3.05) is 26.3 Å². The zero-order valence-electron chi connectivity index (χ0n) is 10.2. The number of nitrogens with zero attached hydrogens (tertiary/aromatic N) is 2. The molecule has 2 aromatic rings. The van der Waals surface area contributed by atoms with E-state index in [1.807, 2.05) is 18.2 Å². The monoisotopic (exact) mass is 244 g/mol. The highest BCUT2D eigenvalue weighted by molar-refractivity contribution is 5.83. The van der Waals surface area contributed by atoms with Crippen molar-refractivity contribution in [3.8, 4) is 5.75 Å². The van der Waals surface area contributed by atoms with E-state index in [-0.39, 0.29) is 0 Å². The first-order chi connectivity index (χ1) is 8.84. The third kappa shape index (κ3) is 2.17. The van der Waals surface area contributed by atoms with E-state index in [0.29, 0.717) is 5.75 Å². The topological polar surface area (TPSA) is 45.6 Å². The lowest BCUT2D eigenvalue weighted by atomic mass is 10.1. The summed E-state index contributed by atoms with van der Waals surface area (Å²) >= 11 is 0. The molecule has 0 radical (unpaired) electrons. The number of aromatic nitrogens is 1. The Hall–Kier alpha value is -1.65. The molecule has 1 aliphatic heterocycles. The predicted molar refractivity (Wildman–Crippen MR) is 69.5 cm³/mol. The van der Waals surface area contributed by atoms with Crippen LogP contribution in [0, 0.1) is 0 Å². The van der Waals surface area contributed by atoms with Crippen molar-refractivity contribution in [2.45, 2.75) is 6.54 Å². The number of pyridine rings is 1. The average molecular weight is 244 g/mol. The largest absolute Gasteiger partial charge is 0.508 e. The molecule has 1 saturated heterocycles. The summed E-state index contributed by atoms with van der Waals surface area (Å²) in [7, 11) is 0. The smallest absolute Gasteiger partial charge is 0.122 e. The van der Waals surface area contributed by atoms with Crippen LogP contribution < -0.4 is 0 Å². The van der Waals surface area contributed by atoms with Crippen LogP contribution in [0.3, 0.4) is 0 Å². The van der Waals surface area contributed by atoms with Crippen LogP contribution in [0.1, 0.15) is 5.56 Å². The number of hydrogen-bond acceptors (Lipinski definition) is 4. The molecule has 0 amide bonds. The Morgan fingerprint density at radius 3 is 2.89 bits per heavy atom. The van der Waals surface area contributed by atoms with Crippen molar-refractivity contribution >= 4 is 10.9 Å². The Morgan fingerprint density at radius 1 is 1.22 bits per heavy atom. The molecule has 94 valence electrons. The molecule has 1 fully saturated rings. The normalized spacial score (nSPS) is 17.1. The van der Waals surface area contributed by atoms with Crippen molar-refractivity contribution in [1.29, 1.82) is 0 Å². The van der Waals surface area contributed by atoms with Gasteiger partial charge in [0.1, 0.15) is 5.75 Å². The average Bonchev–Trinajstić information content (AvgIpc) is 2.43. The first-order valence-corrected chi connectivity index (χ1v) is 6.20. The van der Waals surface area contributed by atoms with Crippen LogP contribution in [0.5, 0.6) is 5.75 Å². The van der Waals surface area contributed by atoms with E-state index in [2.05, 4.69) is 9.88 Å². The number of benzene rings is 1. The van der Waals surface area contributed by atoms with Gasteiger partial charge in [-0.3, -0.25) is 9.88 Å². The second-order valence-corrected chi connectivity index (χ2v) is 4.53. The third-order valence-corrected chi connectivity index (χ3v) is 3.34. The van der Waals surface area contributed by atoms with Gasteiger partial charge in [-0.1, -0.05) is 6.07 Å². The van der Waals surface area contributed by atoms with E-state index in [1.54, 1.807) is 12.3 Å². The maximum Gasteiger partial charge on any atom is 0.122 e. The van der Waals surface area contributed by atoms with Crippen LogP contribution in [-0.2, 0) is 11.3 Å². The zero-order chi connectivity index (χ0) is 12.4. The number of fused-ring (bicyclic) bond motifs is 1. The highest BCUT2D eigenvalue weighted by Gasteiger charge is 2.15. The lowest BCUT2D eigenvalue weighted by Crippen LogP contribution is -2.35. The van der Waals surface area contributed by atoms with E-state index in [9.17, 15) is 5.11 Å². The summed E-state index contributed by atoms with van der Waals surface area (Å²) in [4.78, 5) is 6.67. The molecular formula is C14H16N2O2. The number of rotatable bonds is 2. The van der Waals surface area contributed by atoms with Crippen LogP contribution in [-0.4, -0.2) is 41.3 Å². The van der Waals surface area contributed by atoms with E-state index in [4.69, 9.17) is 4.74 Å². The van der Waals surface area contributed by atoms with Crippen LogP contribution >= 0.6 is 0 Å². The first-order valence-electron chi connectivity index (χ1n) is 6.20. The molecule has 0 bridgehead atoms. The number of ether oxygens (including phenoxy) is 1. The number of phenols is 1. The summed E-state index contributed by atoms with van der Waals surface area (Å²) < 4.78 is 5.34. The van der Waals surface area contributed by atoms with Gasteiger partial charge in [0.05, 0.1) is 18.7 Å². The second-order valence-electron chi connectivity index (χ2n) is 4.53. The molecule has 1 aromatic carbocycles. The second kappa shape index (κ2) is 4.92. The standard InChI is InChI=1S/C14H16N2O2/c17-13-4-3-11-2-1-5-15-14(11)12(13)10-16-6-8-18-9-7-16/h1-5,17H,6-10H2. The van der Waals surface area contributed by atoms with Crippen molar-refractivity contribution in [1.82, 2.24) is 9.88 Å². The molecule has 3 rings (SSSR count). The Bertz CT molecular complexity index is 550. The molecule has 0 spiro atoms. The molecule has 18 heavy (non-hydrogen) atoms. The fourth-order valence-corrected chi connectivity index (χ4v) is 2.33. The summed E-state index contributed by atoms with van der Waals surface area (Å²) in [5.41, 5.74) is 1.80. The fourth-order valence-electron chi connectivity index (χ4n) is 2.33. The Balaban J connectivity index is 1.96. The Labute approximate surface area is 106 Å². The lowest BCUT2D eigenvalue weighted by molar-refractivity contribution is 0.0340. The van der Waals surface area contributed by atoms with Gasteiger partial charge in [-0.15, -0.1) is 0 Å². The summed E-state index contributed by atoms with van der Waals surface area (Å²) in [6, 6.07) is 7.59. The Kier molecular flexibility index (Phi) is 3.13. The van der Waals surface area contributed by atoms with Gasteiger partial charge in [-0.2, -0.15) is 0 Å². The van der Waals surface area contributed by atoms with E-state index < -0.39 is 0 Å². The highest BCUT2D eigenvalue weighted by Crippen LogP contribution is 2.26. The molecule has 4 nitrogen and oxygen atoms in total. The summed E-state index contributed by atoms with van der Waals surface area (Å²) in [6.45, 7) is 4.06. The predicted octanol–water partition coefficient (Wildman–Crippen LogP) is 1.77. The van der Waals surface area contributed by atoms with Crippen LogP contribution in [0.15, 0.2) is 30.5 Å². The van der Waals surface area contributed by atoms with Crippen molar-refractivity contribution in [3.63, 3.8) is 0 Å². The molecule has 2 heterocycles. The van der Waals surface area contributed by atoms with E-state index in [0.717, 1.165) is 49.3 Å². The van der Waals surface area contributed by atoms with Crippen LogP contribution in [0.4, 0.5) is 0 Å². The van der Waals surface area contributed by atoms with Crippen molar-refractivity contribution in [2.24, 2.45) is 0 Å². The molecule has 0 saturated carbocycles. The molecule has 1 aromatic heterocycles. The van der Waals surface area contributed by atoms with Gasteiger partial charge >= 0.3 is 0 Å². The molecular weight excluding hydrogens is 228 g/mol. The van der Waals surface area contributed by atoms with Crippen LogP contribution in [0.2, 0.25) is 0 Å². The number of phenolic OH excluding ortho intramolecular Hbond substituents is 1. The molecule has 0 aliphatic carbocycles. The van der Waals surface area contributed by atoms with Gasteiger partial charge in [-0.05, 0) is 18.2 Å². The van der Waals surface area contributed by atoms with E-state index >= 15 is 0 Å². The third-order valence-electron chi connectivity index (χ3n) is 3.34. The highest BCUT2D eigenvalue weighted by atomic mass is 16.5. The van der Waals surface area contributed by atoms with Crippen molar-refractivity contribution in [3.05, 3.63) is 36.0 Å². The number of morpholine rings is 1. The van der Waals surface area contributed by atoms with E-state index in [1.165, 1.54) is 0 Å². The summed E-state index contributed by atoms with van der Waals surface area (Å²) in [5.74, 6) is 0.327. The first kappa shape index (κ1) is 11.4. The van der Waals surface area contributed by atoms with Gasteiger partial charge < -0.3 is 9.84 Å². The molecule has 0 unspecified atom stereocenters. The maximum atomic E-state index is 10.0. The molecule has 4 heteroatoms. The molecule has 1 aliphatic rings. The van der Waals surface area contributed by atoms with Crippen molar-refractivity contribution < 1.29 is 9.84 Å². The minimum atomic E-state index is 0.327. The van der Waals surface area contributed by atoms with Gasteiger partial charge in [0.25, 0.3) is 0 Å². The minimum Gasteiger partial charge on any atom is -0.508 e. The quantitative estimate of drug-likeness (QED) is 0.874. The SMILES string of the molecule is Oc1ccc2cccnc2c1CN1CCOCC1. The van der Waals surface area contributed by atoms with Gasteiger partial charge in [0, 0.05) is 36.8 Å². The Morgan fingerprint density at radius 2 is 2.06 bits per heavy atom. The molecule has 1 N–H and O–H groups in total. The maximum absolute atomic E-state index is 10.0. The number of aromatic hydroxyl groups is 1. The molecule has 0 atom stereocenters. The number of hydrogen-bond donors (Lipinski definition) is 1. The zero-order valence-corrected chi connectivity index (χ0v) is 10.2. The minimum absolute atomic E-state index is 0.327. The summed E-state index contributed by atoms with van der Waals surface area (Å²) in [5, 5.41) is 11.1. The van der Waals surface area contributed by atoms with Crippen LogP contribution in [0.25, 0.3) is 10.9 Å². The summed E-state index contributed by atoms with van der Waals surface area (Å²) in [6.07, 6.45) is 1.77. The lowest BCUT2D eigenvalue weighted by Gasteiger charge is -2.27. The van der Waals surface area contributed by atoms with Gasteiger partial charge in [0.15, 0.2) is 0 Å². The van der Waals surface area contributed by atoms with Gasteiger partial charge in [0.2, 0.25) is 0 Å². The fraction of sp³-hybridized carbons (Fsp3) is 0.357. The van der Waals surface area contributed by atoms with Gasteiger partial charge in [-0.25, -0.2) is 0 Å².